The summed E-state index contributed by atoms with van der Waals surface area (Å²) in [5, 5.41) is 8.60. The summed E-state index contributed by atoms with van der Waals surface area (Å²) in [6.07, 6.45) is 3.76. The first-order valence-electron chi connectivity index (χ1n) is 5.55. The molecule has 1 aliphatic heterocycles. The van der Waals surface area contributed by atoms with Crippen molar-refractivity contribution in [2.24, 2.45) is 0 Å². The average Bonchev–Trinajstić information content (AvgIpc) is 2.28. The number of likely N-dealkylation sites (tertiary alicyclic amines) is 1. The number of aliphatic carboxylic acids is 1. The molecule has 0 unspecified atom stereocenters. The van der Waals surface area contributed by atoms with Crippen molar-refractivity contribution in [2.75, 3.05) is 13.1 Å². The van der Waals surface area contributed by atoms with Gasteiger partial charge in [-0.3, -0.25) is 0 Å². The van der Waals surface area contributed by atoms with Crippen LogP contribution in [0.3, 0.4) is 0 Å². The Morgan fingerprint density at radius 1 is 1.35 bits per heavy atom. The van der Waals surface area contributed by atoms with Crippen molar-refractivity contribution >= 4 is 12.1 Å². The second-order valence-corrected chi connectivity index (χ2v) is 3.90. The van der Waals surface area contributed by atoms with Crippen molar-refractivity contribution in [3.63, 3.8) is 0 Å². The van der Waals surface area contributed by atoms with Crippen LogP contribution in [0.25, 0.3) is 0 Å². The molecule has 1 fully saturated rings. The molecule has 0 aromatic carbocycles. The van der Waals surface area contributed by atoms with E-state index in [0.717, 1.165) is 5.57 Å². The molecule has 0 aliphatic carbocycles. The summed E-state index contributed by atoms with van der Waals surface area (Å²) >= 11 is 0. The Bertz CT molecular complexity index is 361. The van der Waals surface area contributed by atoms with E-state index in [1.165, 1.54) is 6.08 Å². The van der Waals surface area contributed by atoms with Crippen LogP contribution in [0.4, 0.5) is 4.79 Å². The molecule has 0 aromatic rings. The predicted octanol–water partition coefficient (Wildman–Crippen LogP) is 2.15. The van der Waals surface area contributed by atoms with E-state index in [1.807, 2.05) is 0 Å². The fraction of sp³-hybridized carbons (Fsp3) is 0.500. The predicted molar refractivity (Wildman–Crippen MR) is 62.4 cm³/mol. The zero-order valence-electron chi connectivity index (χ0n) is 10.1. The van der Waals surface area contributed by atoms with E-state index in [1.54, 1.807) is 24.8 Å². The van der Waals surface area contributed by atoms with Crippen molar-refractivity contribution in [3.05, 3.63) is 23.5 Å². The van der Waals surface area contributed by atoms with Crippen molar-refractivity contribution in [3.8, 4) is 0 Å². The second kappa shape index (κ2) is 6.08. The first-order valence-corrected chi connectivity index (χ1v) is 5.55. The molecule has 5 heteroatoms. The third-order valence-electron chi connectivity index (χ3n) is 2.65. The monoisotopic (exact) mass is 239 g/mol. The second-order valence-electron chi connectivity index (χ2n) is 3.90. The number of hydrogen-bond donors (Lipinski definition) is 1. The highest BCUT2D eigenvalue weighted by Gasteiger charge is 2.20. The van der Waals surface area contributed by atoms with Gasteiger partial charge in [0.05, 0.1) is 0 Å². The van der Waals surface area contributed by atoms with Crippen LogP contribution in [0.2, 0.25) is 0 Å². The van der Waals surface area contributed by atoms with Gasteiger partial charge in [0.1, 0.15) is 5.76 Å². The van der Waals surface area contributed by atoms with Crippen LogP contribution in [0.5, 0.6) is 0 Å². The smallest absolute Gasteiger partial charge is 0.414 e. The third kappa shape index (κ3) is 4.30. The number of allylic oxidation sites excluding steroid dienone is 2. The molecule has 0 saturated carbocycles. The Morgan fingerprint density at radius 2 is 1.94 bits per heavy atom. The van der Waals surface area contributed by atoms with Crippen LogP contribution in [-0.2, 0) is 9.53 Å². The van der Waals surface area contributed by atoms with E-state index in [0.29, 0.717) is 31.7 Å². The molecule has 0 aromatic heterocycles. The molecule has 94 valence electrons. The molecule has 1 aliphatic rings. The topological polar surface area (TPSA) is 66.8 Å². The van der Waals surface area contributed by atoms with Gasteiger partial charge in [-0.05, 0) is 32.8 Å². The number of carboxylic acids is 1. The van der Waals surface area contributed by atoms with Crippen LogP contribution < -0.4 is 0 Å². The highest BCUT2D eigenvalue weighted by atomic mass is 16.6. The zero-order chi connectivity index (χ0) is 12.8. The van der Waals surface area contributed by atoms with Crippen LogP contribution in [0.1, 0.15) is 26.7 Å². The zero-order valence-corrected chi connectivity index (χ0v) is 10.1. The fourth-order valence-electron chi connectivity index (χ4n) is 1.56. The van der Waals surface area contributed by atoms with E-state index >= 15 is 0 Å². The molecule has 1 amide bonds. The van der Waals surface area contributed by atoms with Crippen LogP contribution >= 0.6 is 0 Å². The Kier molecular flexibility index (Phi) is 4.75. The number of carbonyl (C=O) groups is 2. The lowest BCUT2D eigenvalue weighted by molar-refractivity contribution is -0.131. The highest BCUT2D eigenvalue weighted by Crippen LogP contribution is 2.17. The van der Waals surface area contributed by atoms with Gasteiger partial charge in [-0.1, -0.05) is 5.57 Å². The van der Waals surface area contributed by atoms with Gasteiger partial charge in [0.2, 0.25) is 0 Å². The Labute approximate surface area is 100 Å². The average molecular weight is 239 g/mol. The first-order chi connectivity index (χ1) is 8.02. The van der Waals surface area contributed by atoms with Gasteiger partial charge in [-0.15, -0.1) is 0 Å². The summed E-state index contributed by atoms with van der Waals surface area (Å²) < 4.78 is 5.07. The quantitative estimate of drug-likeness (QED) is 0.592. The normalized spacial score (nSPS) is 16.7. The molecule has 1 heterocycles. The number of ether oxygens (including phenoxy) is 1. The molecular weight excluding hydrogens is 222 g/mol. The molecule has 1 saturated heterocycles. The van der Waals surface area contributed by atoms with E-state index in [-0.39, 0.29) is 6.09 Å². The Morgan fingerprint density at radius 3 is 2.41 bits per heavy atom. The number of rotatable bonds is 2. The summed E-state index contributed by atoms with van der Waals surface area (Å²) in [6, 6.07) is 0. The largest absolute Gasteiger partial charge is 0.478 e. The van der Waals surface area contributed by atoms with E-state index in [9.17, 15) is 9.59 Å². The van der Waals surface area contributed by atoms with Gasteiger partial charge < -0.3 is 14.7 Å². The van der Waals surface area contributed by atoms with Gasteiger partial charge in [0.15, 0.2) is 0 Å². The minimum absolute atomic E-state index is 0.366. The lowest BCUT2D eigenvalue weighted by Crippen LogP contribution is -2.36. The van der Waals surface area contributed by atoms with E-state index in [2.05, 4.69) is 0 Å². The summed E-state index contributed by atoms with van der Waals surface area (Å²) in [4.78, 5) is 23.7. The van der Waals surface area contributed by atoms with Gasteiger partial charge in [0, 0.05) is 19.2 Å². The summed E-state index contributed by atoms with van der Waals surface area (Å²) in [6.45, 7) is 4.54. The molecule has 17 heavy (non-hydrogen) atoms. The third-order valence-corrected chi connectivity index (χ3v) is 2.65. The molecular formula is C12H17NO4. The maximum absolute atomic E-state index is 11.6. The van der Waals surface area contributed by atoms with Gasteiger partial charge in [-0.25, -0.2) is 9.59 Å². The molecule has 0 bridgehead atoms. The number of nitrogens with zero attached hydrogens (tertiary/aromatic N) is 1. The Hall–Kier alpha value is -1.78. The summed E-state index contributed by atoms with van der Waals surface area (Å²) in [5.41, 5.74) is 0.865. The minimum atomic E-state index is -0.930. The summed E-state index contributed by atoms with van der Waals surface area (Å²) in [7, 11) is 0. The van der Waals surface area contributed by atoms with Gasteiger partial charge in [-0.2, -0.15) is 0 Å². The maximum atomic E-state index is 11.6. The number of hydrogen-bond acceptors (Lipinski definition) is 3. The number of carboxylic acid groups (broad SMARTS) is 1. The Balaban J connectivity index is 2.47. The van der Waals surface area contributed by atoms with Crippen molar-refractivity contribution in [2.45, 2.75) is 26.7 Å². The van der Waals surface area contributed by atoms with Gasteiger partial charge >= 0.3 is 12.1 Å². The molecule has 1 N–H and O–H groups in total. The highest BCUT2D eigenvalue weighted by molar-refractivity contribution is 5.80. The minimum Gasteiger partial charge on any atom is -0.478 e. The number of carbonyl (C=O) groups excluding carboxylic acids is 1. The van der Waals surface area contributed by atoms with Crippen LogP contribution in [0, 0.1) is 0 Å². The van der Waals surface area contributed by atoms with Crippen LogP contribution in [0.15, 0.2) is 23.5 Å². The fourth-order valence-corrected chi connectivity index (χ4v) is 1.56. The van der Waals surface area contributed by atoms with E-state index < -0.39 is 5.97 Å². The molecule has 1 rings (SSSR count). The lowest BCUT2D eigenvalue weighted by Gasteiger charge is -2.27. The lowest BCUT2D eigenvalue weighted by atomic mass is 10.0. The molecule has 0 radical (unpaired) electrons. The standard InChI is InChI=1S/C12H17NO4/c1-3-9(2)17-12(16)13-6-4-10(5-7-13)8-11(14)15/h3,8H,4-7H2,1-2H3,(H,14,15)/b9-3-. The number of amides is 1. The molecule has 5 nitrogen and oxygen atoms in total. The van der Waals surface area contributed by atoms with Crippen molar-refractivity contribution in [1.29, 1.82) is 0 Å². The first kappa shape index (κ1) is 13.3. The van der Waals surface area contributed by atoms with Gasteiger partial charge in [0.25, 0.3) is 0 Å². The number of piperidine rings is 1. The summed E-state index contributed by atoms with van der Waals surface area (Å²) in [5.74, 6) is -0.359. The van der Waals surface area contributed by atoms with Crippen molar-refractivity contribution < 1.29 is 19.4 Å². The molecule has 0 atom stereocenters. The van der Waals surface area contributed by atoms with Crippen molar-refractivity contribution in [1.82, 2.24) is 4.90 Å². The van der Waals surface area contributed by atoms with Crippen LogP contribution in [-0.4, -0.2) is 35.2 Å². The maximum Gasteiger partial charge on any atom is 0.414 e. The van der Waals surface area contributed by atoms with E-state index in [4.69, 9.17) is 9.84 Å². The SMILES string of the molecule is C/C=C(/C)OC(=O)N1CCC(=CC(=O)O)CC1. The molecule has 0 spiro atoms.